The molecule has 0 saturated carbocycles. The third-order valence-corrected chi connectivity index (χ3v) is 7.39. The summed E-state index contributed by atoms with van der Waals surface area (Å²) < 4.78 is 2.25. The maximum atomic E-state index is 13.7. The average Bonchev–Trinajstić information content (AvgIpc) is 3.04. The number of hydrogen-bond donors (Lipinski definition) is 3. The van der Waals surface area contributed by atoms with Crippen molar-refractivity contribution in [1.82, 2.24) is 14.5 Å². The van der Waals surface area contributed by atoms with Crippen LogP contribution in [0.5, 0.6) is 0 Å². The average molecular weight is 603 g/mol. The summed E-state index contributed by atoms with van der Waals surface area (Å²) in [7, 11) is 0. The summed E-state index contributed by atoms with van der Waals surface area (Å²) in [6, 6.07) is 28.8. The molecule has 0 aliphatic heterocycles. The molecule has 0 aliphatic rings. The highest BCUT2D eigenvalue weighted by Gasteiger charge is 2.18. The molecular weight excluding hydrogens is 572 g/mol. The number of aromatic nitrogens is 2. The van der Waals surface area contributed by atoms with E-state index in [4.69, 9.17) is 10.8 Å². The van der Waals surface area contributed by atoms with E-state index in [0.717, 1.165) is 15.7 Å². The normalized spacial score (nSPS) is 11.8. The molecule has 0 spiro atoms. The predicted molar refractivity (Wildman–Crippen MR) is 171 cm³/mol. The molecule has 1 heterocycles. The number of nitrogens with zero attached hydrogens (tertiary/aromatic N) is 2. The summed E-state index contributed by atoms with van der Waals surface area (Å²) in [4.78, 5) is 63.5. The fourth-order valence-corrected chi connectivity index (χ4v) is 5.03. The van der Waals surface area contributed by atoms with E-state index in [-0.39, 0.29) is 29.7 Å². The molecule has 5 rings (SSSR count). The Kier molecular flexibility index (Phi) is 9.14. The first-order valence-electron chi connectivity index (χ1n) is 14.2. The molecule has 4 aromatic carbocycles. The first-order chi connectivity index (χ1) is 21.7. The number of amides is 2. The van der Waals surface area contributed by atoms with Gasteiger partial charge in [-0.25, -0.2) is 14.2 Å². The van der Waals surface area contributed by atoms with Gasteiger partial charge < -0.3 is 16.2 Å². The minimum atomic E-state index is -1.02. The number of para-hydroxylation sites is 1. The zero-order valence-corrected chi connectivity index (χ0v) is 24.1. The number of carbonyl (C=O) groups excluding carboxylic acids is 2. The summed E-state index contributed by atoms with van der Waals surface area (Å²) in [5.74, 6) is -2.73. The number of nitrogens with two attached hydrogens (primary N) is 1. The molecule has 1 aromatic heterocycles. The van der Waals surface area contributed by atoms with Gasteiger partial charge in [0.1, 0.15) is 6.54 Å². The van der Waals surface area contributed by atoms with Gasteiger partial charge in [-0.3, -0.25) is 19.0 Å². The van der Waals surface area contributed by atoms with Crippen molar-refractivity contribution in [2.45, 2.75) is 18.9 Å². The number of primary amides is 1. The third-order valence-electron chi connectivity index (χ3n) is 7.39. The summed E-state index contributed by atoms with van der Waals surface area (Å²) in [6.45, 7) is -0.0670. The monoisotopic (exact) mass is 602 g/mol. The predicted octanol–water partition coefficient (Wildman–Crippen LogP) is 3.49. The lowest BCUT2D eigenvalue weighted by Crippen LogP contribution is -2.42. The Hall–Kier alpha value is -6.03. The van der Waals surface area contributed by atoms with Crippen LogP contribution in [-0.4, -0.2) is 38.6 Å². The largest absolute Gasteiger partial charge is 0.478 e. The summed E-state index contributed by atoms with van der Waals surface area (Å²) in [5.41, 5.74) is 7.55. The standard InChI is InChI=1S/C35H30N4O6/c36-32(41)28(19-12-23-6-2-1-3-7-23)25-15-17-27(18-16-25)39-33(42)29-8-4-5-9-30(29)38(35(39)45)22-31(40)37-21-20-24-10-13-26(14-11-24)34(43)44/h1-19,28H,20-22H2,(H2,36,41)(H,37,40)(H,43,44). The van der Waals surface area contributed by atoms with Gasteiger partial charge >= 0.3 is 11.7 Å². The third kappa shape index (κ3) is 6.97. The van der Waals surface area contributed by atoms with Crippen molar-refractivity contribution in [3.63, 3.8) is 0 Å². The van der Waals surface area contributed by atoms with Crippen LogP contribution in [0.4, 0.5) is 0 Å². The molecule has 4 N–H and O–H groups in total. The summed E-state index contributed by atoms with van der Waals surface area (Å²) in [6.07, 6.45) is 3.96. The number of aromatic carboxylic acids is 1. The topological polar surface area (TPSA) is 153 Å². The van der Waals surface area contributed by atoms with Crippen molar-refractivity contribution in [3.05, 3.63) is 152 Å². The van der Waals surface area contributed by atoms with E-state index in [1.165, 1.54) is 16.7 Å². The minimum Gasteiger partial charge on any atom is -0.478 e. The molecule has 226 valence electrons. The van der Waals surface area contributed by atoms with Crippen molar-refractivity contribution in [3.8, 4) is 5.69 Å². The van der Waals surface area contributed by atoms with Gasteiger partial charge in [0, 0.05) is 6.54 Å². The summed E-state index contributed by atoms with van der Waals surface area (Å²) in [5, 5.41) is 12.1. The number of fused-ring (bicyclic) bond motifs is 1. The van der Waals surface area contributed by atoms with E-state index >= 15 is 0 Å². The lowest BCUT2D eigenvalue weighted by molar-refractivity contribution is -0.121. The zero-order chi connectivity index (χ0) is 31.9. The quantitative estimate of drug-likeness (QED) is 0.210. The van der Waals surface area contributed by atoms with Gasteiger partial charge in [-0.05, 0) is 59.5 Å². The molecule has 0 saturated heterocycles. The molecule has 0 aliphatic carbocycles. The fraction of sp³-hybridized carbons (Fsp3) is 0.114. The first-order valence-corrected chi connectivity index (χ1v) is 14.2. The molecule has 0 radical (unpaired) electrons. The van der Waals surface area contributed by atoms with Gasteiger partial charge in [-0.15, -0.1) is 0 Å². The maximum absolute atomic E-state index is 13.7. The van der Waals surface area contributed by atoms with E-state index < -0.39 is 35.0 Å². The highest BCUT2D eigenvalue weighted by atomic mass is 16.4. The fourth-order valence-electron chi connectivity index (χ4n) is 5.03. The molecule has 10 nitrogen and oxygen atoms in total. The smallest absolute Gasteiger partial charge is 0.336 e. The van der Waals surface area contributed by atoms with Crippen LogP contribution in [0.1, 0.15) is 33.0 Å². The van der Waals surface area contributed by atoms with Crippen LogP contribution >= 0.6 is 0 Å². The van der Waals surface area contributed by atoms with Gasteiger partial charge in [-0.2, -0.15) is 0 Å². The molecular formula is C35H30N4O6. The minimum absolute atomic E-state index is 0.173. The van der Waals surface area contributed by atoms with Crippen LogP contribution in [0.2, 0.25) is 0 Å². The lowest BCUT2D eigenvalue weighted by atomic mass is 9.97. The second kappa shape index (κ2) is 13.5. The first kappa shape index (κ1) is 30.4. The summed E-state index contributed by atoms with van der Waals surface area (Å²) >= 11 is 0. The Morgan fingerprint density at radius 1 is 0.844 bits per heavy atom. The van der Waals surface area contributed by atoms with Gasteiger partial charge in [0.25, 0.3) is 5.56 Å². The van der Waals surface area contributed by atoms with Crippen molar-refractivity contribution in [2.24, 2.45) is 5.73 Å². The second-order valence-electron chi connectivity index (χ2n) is 10.4. The Morgan fingerprint density at radius 3 is 2.18 bits per heavy atom. The molecule has 1 unspecified atom stereocenters. The van der Waals surface area contributed by atoms with Crippen LogP contribution in [0.3, 0.4) is 0 Å². The van der Waals surface area contributed by atoms with Crippen LogP contribution in [0.15, 0.2) is 119 Å². The number of nitrogens with one attached hydrogen (secondary N) is 1. The van der Waals surface area contributed by atoms with Gasteiger partial charge in [0.15, 0.2) is 0 Å². The van der Waals surface area contributed by atoms with Gasteiger partial charge in [0.05, 0.1) is 28.1 Å². The Bertz CT molecular complexity index is 2010. The molecule has 5 aromatic rings. The molecule has 10 heteroatoms. The van der Waals surface area contributed by atoms with Crippen LogP contribution in [0, 0.1) is 0 Å². The van der Waals surface area contributed by atoms with Crippen molar-refractivity contribution in [1.29, 1.82) is 0 Å². The van der Waals surface area contributed by atoms with Crippen molar-refractivity contribution >= 4 is 34.8 Å². The van der Waals surface area contributed by atoms with E-state index in [1.54, 1.807) is 72.8 Å². The number of carboxylic acids is 1. The zero-order valence-electron chi connectivity index (χ0n) is 24.1. The van der Waals surface area contributed by atoms with Crippen molar-refractivity contribution in [2.75, 3.05) is 6.54 Å². The highest BCUT2D eigenvalue weighted by molar-refractivity contribution is 5.87. The maximum Gasteiger partial charge on any atom is 0.336 e. The highest BCUT2D eigenvalue weighted by Crippen LogP contribution is 2.20. The van der Waals surface area contributed by atoms with E-state index in [0.29, 0.717) is 17.5 Å². The molecule has 1 atom stereocenters. The molecule has 0 bridgehead atoms. The van der Waals surface area contributed by atoms with Crippen molar-refractivity contribution < 1.29 is 19.5 Å². The van der Waals surface area contributed by atoms with Crippen LogP contribution in [-0.2, 0) is 22.6 Å². The SMILES string of the molecule is NC(=O)C(C=Cc1ccccc1)c1ccc(-n2c(=O)c3ccccc3n(CC(=O)NCCc3ccc(C(=O)O)cc3)c2=O)cc1. The lowest BCUT2D eigenvalue weighted by Gasteiger charge is -2.15. The number of rotatable bonds is 11. The second-order valence-corrected chi connectivity index (χ2v) is 10.4. The van der Waals surface area contributed by atoms with Gasteiger partial charge in [-0.1, -0.05) is 78.9 Å². The Balaban J connectivity index is 1.39. The number of benzene rings is 4. The molecule has 45 heavy (non-hydrogen) atoms. The van der Waals surface area contributed by atoms with Crippen LogP contribution < -0.4 is 22.3 Å². The van der Waals surface area contributed by atoms with Gasteiger partial charge in [0.2, 0.25) is 11.8 Å². The van der Waals surface area contributed by atoms with Crippen LogP contribution in [0.25, 0.3) is 22.7 Å². The molecule has 2 amide bonds. The Morgan fingerprint density at radius 2 is 1.51 bits per heavy atom. The number of carboxylic acid groups (broad SMARTS) is 1. The Labute approximate surface area is 257 Å². The molecule has 0 fully saturated rings. The van der Waals surface area contributed by atoms with E-state index in [2.05, 4.69) is 5.32 Å². The number of carbonyl (C=O) groups is 3. The van der Waals surface area contributed by atoms with E-state index in [9.17, 15) is 24.0 Å². The number of hydrogen-bond acceptors (Lipinski definition) is 5. The van der Waals surface area contributed by atoms with E-state index in [1.807, 2.05) is 30.3 Å².